The summed E-state index contributed by atoms with van der Waals surface area (Å²) < 4.78 is 6.75. The van der Waals surface area contributed by atoms with Gasteiger partial charge in [-0.15, -0.1) is 6.42 Å². The smallest absolute Gasteiger partial charge is 0.435 e. The third-order valence-electron chi connectivity index (χ3n) is 3.46. The van der Waals surface area contributed by atoms with Crippen LogP contribution in [0.2, 0.25) is 0 Å². The number of terminal acetylenes is 1. The molecule has 0 fully saturated rings. The van der Waals surface area contributed by atoms with Gasteiger partial charge < -0.3 is 4.74 Å². The van der Waals surface area contributed by atoms with Crippen molar-refractivity contribution in [1.29, 1.82) is 0 Å². The van der Waals surface area contributed by atoms with Crippen molar-refractivity contribution < 1.29 is 9.53 Å². The number of carbonyl (C=O) groups excluding carboxylic acids is 1. The van der Waals surface area contributed by atoms with Gasteiger partial charge >= 0.3 is 6.09 Å². The van der Waals surface area contributed by atoms with Crippen LogP contribution in [0, 0.1) is 12.3 Å². The van der Waals surface area contributed by atoms with E-state index in [1.54, 1.807) is 12.1 Å². The maximum atomic E-state index is 12.5. The zero-order valence-corrected chi connectivity index (χ0v) is 13.9. The lowest BCUT2D eigenvalue weighted by Gasteiger charge is -2.19. The molecule has 0 radical (unpaired) electrons. The maximum absolute atomic E-state index is 12.5. The topological polar surface area (TPSA) is 44.1 Å². The molecule has 1 aromatic heterocycles. The van der Waals surface area contributed by atoms with E-state index >= 15 is 0 Å². The van der Waals surface area contributed by atoms with Crippen molar-refractivity contribution in [2.75, 3.05) is 0 Å². The van der Waals surface area contributed by atoms with Crippen LogP contribution in [-0.2, 0) is 4.74 Å². The number of nitrogens with zero attached hydrogens (tertiary/aromatic N) is 2. The molecular formula is C20H18N2O2. The SMILES string of the molecule is C#Cc1ccc2c(c1)c(-c1ccccc1)nn2C(=O)OC(C)(C)C. The van der Waals surface area contributed by atoms with Crippen LogP contribution in [-0.4, -0.2) is 21.5 Å². The average Bonchev–Trinajstić information content (AvgIpc) is 2.93. The van der Waals surface area contributed by atoms with Crippen LogP contribution in [0.4, 0.5) is 4.79 Å². The minimum absolute atomic E-state index is 0.511. The standard InChI is InChI=1S/C20H18N2O2/c1-5-14-11-12-17-16(13-14)18(15-9-7-6-8-10-15)21-22(17)19(23)24-20(2,3)4/h1,6-13H,2-4H3. The van der Waals surface area contributed by atoms with Crippen LogP contribution in [0.5, 0.6) is 0 Å². The Bertz CT molecular complexity index is 941. The van der Waals surface area contributed by atoms with E-state index in [0.717, 1.165) is 16.5 Å². The molecule has 0 saturated heterocycles. The van der Waals surface area contributed by atoms with Gasteiger partial charge in [-0.1, -0.05) is 36.3 Å². The van der Waals surface area contributed by atoms with Gasteiger partial charge in [0.2, 0.25) is 0 Å². The molecule has 0 atom stereocenters. The number of benzene rings is 2. The van der Waals surface area contributed by atoms with Crippen LogP contribution in [0.1, 0.15) is 26.3 Å². The van der Waals surface area contributed by atoms with Crippen molar-refractivity contribution in [2.24, 2.45) is 0 Å². The lowest BCUT2D eigenvalue weighted by Crippen LogP contribution is -2.27. The summed E-state index contributed by atoms with van der Waals surface area (Å²) in [7, 11) is 0. The van der Waals surface area contributed by atoms with E-state index in [0.29, 0.717) is 11.2 Å². The van der Waals surface area contributed by atoms with Gasteiger partial charge in [0.05, 0.1) is 5.52 Å². The maximum Gasteiger partial charge on any atom is 0.435 e. The fraction of sp³-hybridized carbons (Fsp3) is 0.200. The summed E-state index contributed by atoms with van der Waals surface area (Å²) in [4.78, 5) is 12.5. The van der Waals surface area contributed by atoms with Gasteiger partial charge in [0.25, 0.3) is 0 Å². The number of hydrogen-bond acceptors (Lipinski definition) is 3. The molecule has 24 heavy (non-hydrogen) atoms. The van der Waals surface area contributed by atoms with Crippen molar-refractivity contribution in [1.82, 2.24) is 9.78 Å². The molecule has 0 aliphatic heterocycles. The second-order valence-electron chi connectivity index (χ2n) is 6.48. The number of hydrogen-bond donors (Lipinski definition) is 0. The van der Waals surface area contributed by atoms with Gasteiger partial charge in [0.15, 0.2) is 0 Å². The Kier molecular flexibility index (Phi) is 3.86. The number of fused-ring (bicyclic) bond motifs is 1. The fourth-order valence-electron chi connectivity index (χ4n) is 2.46. The van der Waals surface area contributed by atoms with Gasteiger partial charge in [0.1, 0.15) is 11.3 Å². The Morgan fingerprint density at radius 3 is 2.50 bits per heavy atom. The Morgan fingerprint density at radius 2 is 1.88 bits per heavy atom. The first kappa shape index (κ1) is 15.8. The normalized spacial score (nSPS) is 11.2. The quantitative estimate of drug-likeness (QED) is 0.622. The van der Waals surface area contributed by atoms with Crippen LogP contribution in [0.15, 0.2) is 48.5 Å². The monoisotopic (exact) mass is 318 g/mol. The van der Waals surface area contributed by atoms with E-state index in [-0.39, 0.29) is 0 Å². The molecule has 0 N–H and O–H groups in total. The van der Waals surface area contributed by atoms with Gasteiger partial charge in [-0.2, -0.15) is 9.78 Å². The van der Waals surface area contributed by atoms with Gasteiger partial charge in [-0.05, 0) is 39.0 Å². The number of aromatic nitrogens is 2. The van der Waals surface area contributed by atoms with Crippen molar-refractivity contribution >= 4 is 17.0 Å². The van der Waals surface area contributed by atoms with Crippen molar-refractivity contribution in [3.05, 3.63) is 54.1 Å². The number of carbonyl (C=O) groups is 1. The second kappa shape index (κ2) is 5.86. The van der Waals surface area contributed by atoms with Crippen LogP contribution in [0.25, 0.3) is 22.2 Å². The second-order valence-corrected chi connectivity index (χ2v) is 6.48. The number of ether oxygens (including phenoxy) is 1. The molecule has 0 unspecified atom stereocenters. The van der Waals surface area contributed by atoms with Crippen molar-refractivity contribution in [3.63, 3.8) is 0 Å². The van der Waals surface area contributed by atoms with Gasteiger partial charge in [-0.25, -0.2) is 4.79 Å². The minimum atomic E-state index is -0.596. The molecule has 3 rings (SSSR count). The highest BCUT2D eigenvalue weighted by atomic mass is 16.6. The molecule has 3 aromatic rings. The first-order chi connectivity index (χ1) is 11.4. The van der Waals surface area contributed by atoms with E-state index < -0.39 is 11.7 Å². The molecule has 0 amide bonds. The summed E-state index contributed by atoms with van der Waals surface area (Å²) in [5, 5.41) is 5.31. The van der Waals surface area contributed by atoms with Gasteiger partial charge in [-0.3, -0.25) is 0 Å². The lowest BCUT2D eigenvalue weighted by molar-refractivity contribution is 0.0523. The summed E-state index contributed by atoms with van der Waals surface area (Å²) in [5.41, 5.74) is 2.43. The minimum Gasteiger partial charge on any atom is -0.442 e. The van der Waals surface area contributed by atoms with E-state index in [1.807, 2.05) is 57.2 Å². The third-order valence-corrected chi connectivity index (χ3v) is 3.46. The summed E-state index contributed by atoms with van der Waals surface area (Å²) in [6.07, 6.45) is 5.00. The Labute approximate surface area is 141 Å². The summed E-state index contributed by atoms with van der Waals surface area (Å²) in [5.74, 6) is 2.62. The van der Waals surface area contributed by atoms with E-state index in [2.05, 4.69) is 11.0 Å². The first-order valence-corrected chi connectivity index (χ1v) is 7.67. The van der Waals surface area contributed by atoms with Crippen LogP contribution >= 0.6 is 0 Å². The number of rotatable bonds is 1. The predicted molar refractivity (Wildman–Crippen MR) is 94.7 cm³/mol. The van der Waals surface area contributed by atoms with Crippen LogP contribution < -0.4 is 0 Å². The highest BCUT2D eigenvalue weighted by Crippen LogP contribution is 2.29. The lowest BCUT2D eigenvalue weighted by atomic mass is 10.1. The zero-order valence-electron chi connectivity index (χ0n) is 13.9. The van der Waals surface area contributed by atoms with Gasteiger partial charge in [0, 0.05) is 16.5 Å². The molecule has 0 aliphatic carbocycles. The van der Waals surface area contributed by atoms with E-state index in [9.17, 15) is 4.79 Å². The van der Waals surface area contributed by atoms with E-state index in [4.69, 9.17) is 11.2 Å². The molecule has 0 bridgehead atoms. The largest absolute Gasteiger partial charge is 0.442 e. The predicted octanol–water partition coefficient (Wildman–Crippen LogP) is 4.47. The fourth-order valence-corrected chi connectivity index (χ4v) is 2.46. The Balaban J connectivity index is 2.21. The Hall–Kier alpha value is -3.06. The molecule has 2 aromatic carbocycles. The van der Waals surface area contributed by atoms with Crippen molar-refractivity contribution in [3.8, 4) is 23.6 Å². The Morgan fingerprint density at radius 1 is 1.17 bits per heavy atom. The molecule has 4 nitrogen and oxygen atoms in total. The summed E-state index contributed by atoms with van der Waals surface area (Å²) >= 11 is 0. The van der Waals surface area contributed by atoms with Crippen LogP contribution in [0.3, 0.4) is 0 Å². The highest BCUT2D eigenvalue weighted by molar-refractivity contribution is 5.98. The third kappa shape index (κ3) is 3.02. The molecule has 120 valence electrons. The van der Waals surface area contributed by atoms with E-state index in [1.165, 1.54) is 4.68 Å². The molecular weight excluding hydrogens is 300 g/mol. The average molecular weight is 318 g/mol. The summed E-state index contributed by atoms with van der Waals surface area (Å²) in [6, 6.07) is 15.1. The highest BCUT2D eigenvalue weighted by Gasteiger charge is 2.22. The molecule has 0 spiro atoms. The molecule has 0 saturated carbocycles. The molecule has 1 heterocycles. The van der Waals surface area contributed by atoms with Crippen molar-refractivity contribution in [2.45, 2.75) is 26.4 Å². The zero-order chi connectivity index (χ0) is 17.3. The molecule has 0 aliphatic rings. The summed E-state index contributed by atoms with van der Waals surface area (Å²) in [6.45, 7) is 5.47. The molecule has 4 heteroatoms. The first-order valence-electron chi connectivity index (χ1n) is 7.67.